The summed E-state index contributed by atoms with van der Waals surface area (Å²) < 4.78 is 17.0. The number of nitrogens with two attached hydrogens (primary N) is 1. The maximum atomic E-state index is 11.8. The zero-order valence-electron chi connectivity index (χ0n) is 7.80. The second kappa shape index (κ2) is 5.83. The molecule has 0 atom stereocenters. The van der Waals surface area contributed by atoms with Crippen molar-refractivity contribution in [3.63, 3.8) is 0 Å². The first-order valence-electron chi connectivity index (χ1n) is 4.45. The summed E-state index contributed by atoms with van der Waals surface area (Å²) in [6.45, 7) is 0.418. The topological polar surface area (TPSA) is 35.2 Å². The molecule has 0 aliphatic rings. The molecule has 1 aromatic carbocycles. The Bertz CT molecular complexity index is 293. The van der Waals surface area contributed by atoms with Crippen LogP contribution in [0.5, 0.6) is 5.75 Å². The van der Waals surface area contributed by atoms with Crippen LogP contribution in [-0.4, -0.2) is 13.3 Å². The van der Waals surface area contributed by atoms with Crippen LogP contribution in [0.4, 0.5) is 4.39 Å². The quantitative estimate of drug-likeness (QED) is 0.770. The maximum Gasteiger partial charge on any atom is 0.137 e. The molecule has 78 valence electrons. The highest BCUT2D eigenvalue weighted by Crippen LogP contribution is 2.25. The van der Waals surface area contributed by atoms with Crippen LogP contribution >= 0.6 is 11.6 Å². The van der Waals surface area contributed by atoms with Gasteiger partial charge in [0.25, 0.3) is 0 Å². The summed E-state index contributed by atoms with van der Waals surface area (Å²) in [4.78, 5) is 0. The van der Waals surface area contributed by atoms with E-state index in [-0.39, 0.29) is 6.67 Å². The molecule has 1 aromatic rings. The molecular formula is C10H13ClFNO. The summed E-state index contributed by atoms with van der Waals surface area (Å²) in [5.41, 5.74) is 6.39. The lowest BCUT2D eigenvalue weighted by molar-refractivity contribution is 0.290. The van der Waals surface area contributed by atoms with Gasteiger partial charge in [0.15, 0.2) is 0 Å². The average Bonchev–Trinajstić information content (AvgIpc) is 2.20. The molecule has 0 unspecified atom stereocenters. The third-order valence-electron chi connectivity index (χ3n) is 1.77. The summed E-state index contributed by atoms with van der Waals surface area (Å²) in [6, 6.07) is 5.35. The van der Waals surface area contributed by atoms with Crippen LogP contribution in [0.1, 0.15) is 12.0 Å². The molecule has 0 bridgehead atoms. The molecule has 0 aromatic heterocycles. The van der Waals surface area contributed by atoms with Crippen LogP contribution in [0.2, 0.25) is 5.02 Å². The lowest BCUT2D eigenvalue weighted by Gasteiger charge is -2.07. The Hall–Kier alpha value is -0.800. The third-order valence-corrected chi connectivity index (χ3v) is 2.06. The summed E-state index contributed by atoms with van der Waals surface area (Å²) in [5.74, 6) is 0.581. The second-order valence-corrected chi connectivity index (χ2v) is 3.27. The Kier molecular flexibility index (Phi) is 4.70. The van der Waals surface area contributed by atoms with Crippen molar-refractivity contribution in [2.24, 2.45) is 5.73 Å². The number of halogens is 2. The van der Waals surface area contributed by atoms with Crippen LogP contribution in [0.3, 0.4) is 0 Å². The molecule has 0 aliphatic carbocycles. The Balaban J connectivity index is 2.59. The van der Waals surface area contributed by atoms with Gasteiger partial charge in [-0.05, 0) is 17.7 Å². The minimum atomic E-state index is -0.376. The maximum absolute atomic E-state index is 11.8. The largest absolute Gasteiger partial charge is 0.492 e. The lowest BCUT2D eigenvalue weighted by atomic mass is 10.2. The highest BCUT2D eigenvalue weighted by molar-refractivity contribution is 6.32. The van der Waals surface area contributed by atoms with E-state index in [0.29, 0.717) is 30.3 Å². The minimum Gasteiger partial charge on any atom is -0.492 e. The van der Waals surface area contributed by atoms with Crippen molar-refractivity contribution >= 4 is 11.6 Å². The van der Waals surface area contributed by atoms with Gasteiger partial charge in [0.2, 0.25) is 0 Å². The zero-order valence-corrected chi connectivity index (χ0v) is 8.56. The van der Waals surface area contributed by atoms with Crippen molar-refractivity contribution in [3.8, 4) is 5.75 Å². The molecule has 0 heterocycles. The van der Waals surface area contributed by atoms with E-state index in [0.717, 1.165) is 5.56 Å². The van der Waals surface area contributed by atoms with Crippen molar-refractivity contribution < 1.29 is 9.13 Å². The van der Waals surface area contributed by atoms with E-state index < -0.39 is 0 Å². The molecule has 14 heavy (non-hydrogen) atoms. The van der Waals surface area contributed by atoms with E-state index in [2.05, 4.69) is 0 Å². The smallest absolute Gasteiger partial charge is 0.137 e. The van der Waals surface area contributed by atoms with Gasteiger partial charge in [-0.15, -0.1) is 0 Å². The van der Waals surface area contributed by atoms with Crippen LogP contribution in [0.15, 0.2) is 18.2 Å². The third kappa shape index (κ3) is 3.16. The van der Waals surface area contributed by atoms with Crippen molar-refractivity contribution in [1.82, 2.24) is 0 Å². The molecule has 0 saturated heterocycles. The number of ether oxygens (including phenoxy) is 1. The van der Waals surface area contributed by atoms with Gasteiger partial charge in [-0.25, -0.2) is 0 Å². The van der Waals surface area contributed by atoms with E-state index in [1.165, 1.54) is 0 Å². The van der Waals surface area contributed by atoms with E-state index in [1.54, 1.807) is 12.1 Å². The molecule has 0 spiro atoms. The van der Waals surface area contributed by atoms with Gasteiger partial charge in [-0.3, -0.25) is 4.39 Å². The highest BCUT2D eigenvalue weighted by atomic mass is 35.5. The first kappa shape index (κ1) is 11.3. The van der Waals surface area contributed by atoms with E-state index in [9.17, 15) is 4.39 Å². The van der Waals surface area contributed by atoms with Gasteiger partial charge in [-0.2, -0.15) is 0 Å². The Morgan fingerprint density at radius 2 is 2.21 bits per heavy atom. The van der Waals surface area contributed by atoms with Gasteiger partial charge in [0.05, 0.1) is 18.3 Å². The molecule has 0 aliphatic heterocycles. The lowest BCUT2D eigenvalue weighted by Crippen LogP contribution is -2.00. The molecular weight excluding hydrogens is 205 g/mol. The summed E-state index contributed by atoms with van der Waals surface area (Å²) in [5, 5.41) is 0.520. The fourth-order valence-electron chi connectivity index (χ4n) is 1.03. The van der Waals surface area contributed by atoms with Gasteiger partial charge in [-0.1, -0.05) is 17.7 Å². The molecule has 2 N–H and O–H groups in total. The fraction of sp³-hybridized carbons (Fsp3) is 0.400. The van der Waals surface area contributed by atoms with E-state index >= 15 is 0 Å². The standard InChI is InChI=1S/C10H13ClFNO/c11-9-6-8(7-13)2-3-10(9)14-5-1-4-12/h2-3,6H,1,4-5,7,13H2. The average molecular weight is 218 g/mol. The fourth-order valence-corrected chi connectivity index (χ4v) is 1.28. The summed E-state index contributed by atoms with van der Waals surface area (Å²) in [7, 11) is 0. The van der Waals surface area contributed by atoms with Gasteiger partial charge in [0.1, 0.15) is 5.75 Å². The first-order chi connectivity index (χ1) is 6.77. The Morgan fingerprint density at radius 3 is 2.79 bits per heavy atom. The van der Waals surface area contributed by atoms with Crippen LogP contribution in [-0.2, 0) is 6.54 Å². The van der Waals surface area contributed by atoms with Crippen molar-refractivity contribution in [2.75, 3.05) is 13.3 Å². The van der Waals surface area contributed by atoms with Gasteiger partial charge < -0.3 is 10.5 Å². The monoisotopic (exact) mass is 217 g/mol. The molecule has 0 radical (unpaired) electrons. The zero-order chi connectivity index (χ0) is 10.4. The molecule has 2 nitrogen and oxygen atoms in total. The second-order valence-electron chi connectivity index (χ2n) is 2.86. The molecule has 1 rings (SSSR count). The number of hydrogen-bond donors (Lipinski definition) is 1. The first-order valence-corrected chi connectivity index (χ1v) is 4.83. The predicted molar refractivity (Wildman–Crippen MR) is 55.4 cm³/mol. The minimum absolute atomic E-state index is 0.345. The molecule has 4 heteroatoms. The molecule has 0 fully saturated rings. The number of alkyl halides is 1. The Labute approximate surface area is 87.8 Å². The van der Waals surface area contributed by atoms with Gasteiger partial charge >= 0.3 is 0 Å². The van der Waals surface area contributed by atoms with Crippen molar-refractivity contribution in [2.45, 2.75) is 13.0 Å². The van der Waals surface area contributed by atoms with Crippen LogP contribution < -0.4 is 10.5 Å². The van der Waals surface area contributed by atoms with Gasteiger partial charge in [0, 0.05) is 13.0 Å². The summed E-state index contributed by atoms with van der Waals surface area (Å²) in [6.07, 6.45) is 0.384. The number of benzene rings is 1. The molecule has 0 saturated carbocycles. The summed E-state index contributed by atoms with van der Waals surface area (Å²) >= 11 is 5.91. The van der Waals surface area contributed by atoms with E-state index in [4.69, 9.17) is 22.1 Å². The van der Waals surface area contributed by atoms with Crippen molar-refractivity contribution in [1.29, 1.82) is 0 Å². The normalized spacial score (nSPS) is 10.2. The number of rotatable bonds is 5. The SMILES string of the molecule is NCc1ccc(OCCCF)c(Cl)c1. The van der Waals surface area contributed by atoms with E-state index in [1.807, 2.05) is 6.07 Å². The predicted octanol–water partition coefficient (Wildman–Crippen LogP) is 2.54. The number of hydrogen-bond acceptors (Lipinski definition) is 2. The highest BCUT2D eigenvalue weighted by Gasteiger charge is 2.01. The van der Waals surface area contributed by atoms with Crippen LogP contribution in [0.25, 0.3) is 0 Å². The Morgan fingerprint density at radius 1 is 1.43 bits per heavy atom. The van der Waals surface area contributed by atoms with Crippen LogP contribution in [0, 0.1) is 0 Å². The van der Waals surface area contributed by atoms with Crippen molar-refractivity contribution in [3.05, 3.63) is 28.8 Å². The molecule has 0 amide bonds.